The summed E-state index contributed by atoms with van der Waals surface area (Å²) in [6.07, 6.45) is -0.595. The van der Waals surface area contributed by atoms with Crippen LogP contribution in [0.15, 0.2) is 60.7 Å². The fourth-order valence-electron chi connectivity index (χ4n) is 4.73. The lowest BCUT2D eigenvalue weighted by Crippen LogP contribution is -2.69. The quantitative estimate of drug-likeness (QED) is 0.643. The van der Waals surface area contributed by atoms with Crippen molar-refractivity contribution >= 4 is 30.8 Å². The minimum atomic E-state index is -2.88. The Morgan fingerprint density at radius 3 is 1.79 bits per heavy atom. The van der Waals surface area contributed by atoms with Crippen LogP contribution in [-0.2, 0) is 14.0 Å². The average Bonchev–Trinajstić information content (AvgIpc) is 2.76. The van der Waals surface area contributed by atoms with Crippen molar-refractivity contribution in [2.24, 2.45) is 5.92 Å². The van der Waals surface area contributed by atoms with Gasteiger partial charge in [0.1, 0.15) is 5.60 Å². The maximum atomic E-state index is 12.9. The Bertz CT molecular complexity index is 942. The van der Waals surface area contributed by atoms with E-state index in [1.54, 1.807) is 20.8 Å². The molecule has 1 aliphatic rings. The van der Waals surface area contributed by atoms with Gasteiger partial charge < -0.3 is 19.2 Å². The number of carbonyl (C=O) groups excluding carboxylic acids is 1. The second kappa shape index (κ2) is 9.92. The molecule has 0 radical (unpaired) electrons. The maximum Gasteiger partial charge on any atom is 0.410 e. The lowest BCUT2D eigenvalue weighted by atomic mass is 9.96. The van der Waals surface area contributed by atoms with E-state index in [2.05, 4.69) is 45.0 Å². The summed E-state index contributed by atoms with van der Waals surface area (Å²) in [5.74, 6) is -1.64. The lowest BCUT2D eigenvalue weighted by molar-refractivity contribution is -0.145. The predicted octanol–water partition coefficient (Wildman–Crippen LogP) is 4.27. The number of carboxylic acid groups (broad SMARTS) is 1. The van der Waals surface area contributed by atoms with E-state index >= 15 is 0 Å². The van der Waals surface area contributed by atoms with Crippen molar-refractivity contribution in [2.75, 3.05) is 13.1 Å². The number of piperidine rings is 1. The molecule has 1 N–H and O–H groups in total. The molecule has 0 spiro atoms. The van der Waals surface area contributed by atoms with Gasteiger partial charge in [-0.25, -0.2) is 4.79 Å². The third-order valence-corrected chi connectivity index (χ3v) is 11.3. The molecule has 2 atom stereocenters. The van der Waals surface area contributed by atoms with E-state index in [4.69, 9.17) is 9.16 Å². The molecule has 7 heteroatoms. The van der Waals surface area contributed by atoms with Gasteiger partial charge in [-0.2, -0.15) is 0 Å². The number of benzene rings is 2. The lowest BCUT2D eigenvalue weighted by Gasteiger charge is -2.47. The summed E-state index contributed by atoms with van der Waals surface area (Å²) in [5.41, 5.74) is -0.665. The zero-order valence-electron chi connectivity index (χ0n) is 21.1. The zero-order chi connectivity index (χ0) is 25.1. The largest absolute Gasteiger partial charge is 0.481 e. The van der Waals surface area contributed by atoms with Crippen molar-refractivity contribution < 1.29 is 23.9 Å². The summed E-state index contributed by atoms with van der Waals surface area (Å²) in [7, 11) is -2.88. The van der Waals surface area contributed by atoms with E-state index in [1.807, 2.05) is 36.4 Å². The molecule has 184 valence electrons. The Labute approximate surface area is 204 Å². The minimum Gasteiger partial charge on any atom is -0.481 e. The molecule has 0 unspecified atom stereocenters. The second-order valence-electron chi connectivity index (χ2n) is 11.1. The number of hydrogen-bond donors (Lipinski definition) is 1. The van der Waals surface area contributed by atoms with Crippen LogP contribution in [-0.4, -0.2) is 55.2 Å². The van der Waals surface area contributed by atoms with Crippen LogP contribution in [0.4, 0.5) is 4.79 Å². The normalized spacial score (nSPS) is 19.5. The molecule has 0 aromatic heterocycles. The number of aliphatic carboxylic acids is 1. The highest BCUT2D eigenvalue weighted by Gasteiger charge is 2.52. The van der Waals surface area contributed by atoms with Crippen LogP contribution in [0, 0.1) is 5.92 Å². The zero-order valence-corrected chi connectivity index (χ0v) is 22.1. The van der Waals surface area contributed by atoms with E-state index in [1.165, 1.54) is 4.90 Å². The number of carbonyl (C=O) groups is 2. The molecule has 0 saturated carbocycles. The molecule has 0 bridgehead atoms. The topological polar surface area (TPSA) is 76.1 Å². The van der Waals surface area contributed by atoms with Gasteiger partial charge in [0.2, 0.25) is 0 Å². The van der Waals surface area contributed by atoms with Gasteiger partial charge in [0, 0.05) is 13.1 Å². The highest BCUT2D eigenvalue weighted by atomic mass is 28.4. The summed E-state index contributed by atoms with van der Waals surface area (Å²) < 4.78 is 12.7. The molecule has 0 aliphatic carbocycles. The number of hydrogen-bond acceptors (Lipinski definition) is 4. The summed E-state index contributed by atoms with van der Waals surface area (Å²) in [6, 6.07) is 20.5. The van der Waals surface area contributed by atoms with Gasteiger partial charge in [-0.15, -0.1) is 0 Å². The number of likely N-dealkylation sites (tertiary alicyclic amines) is 1. The summed E-state index contributed by atoms with van der Waals surface area (Å²) in [4.78, 5) is 26.4. The van der Waals surface area contributed by atoms with Gasteiger partial charge in [-0.05, 0) is 42.6 Å². The number of nitrogens with zero attached hydrogens (tertiary/aromatic N) is 1. The van der Waals surface area contributed by atoms with Gasteiger partial charge >= 0.3 is 12.1 Å². The fraction of sp³-hybridized carbons (Fsp3) is 0.481. The van der Waals surface area contributed by atoms with Gasteiger partial charge in [-0.3, -0.25) is 4.79 Å². The van der Waals surface area contributed by atoms with Gasteiger partial charge in [-0.1, -0.05) is 81.4 Å². The monoisotopic (exact) mass is 483 g/mol. The highest BCUT2D eigenvalue weighted by Crippen LogP contribution is 2.39. The number of carboxylic acids is 1. The van der Waals surface area contributed by atoms with Crippen molar-refractivity contribution in [3.8, 4) is 0 Å². The molecule has 2 aromatic rings. The Kier molecular flexibility index (Phi) is 7.58. The van der Waals surface area contributed by atoms with Crippen molar-refractivity contribution in [1.29, 1.82) is 0 Å². The Balaban J connectivity index is 2.05. The summed E-state index contributed by atoms with van der Waals surface area (Å²) in [6.45, 7) is 12.4. The van der Waals surface area contributed by atoms with Crippen LogP contribution < -0.4 is 10.4 Å². The fourth-order valence-corrected chi connectivity index (χ4v) is 9.42. The third kappa shape index (κ3) is 5.70. The number of rotatable bonds is 5. The minimum absolute atomic E-state index is 0.116. The molecule has 1 fully saturated rings. The molecule has 1 heterocycles. The van der Waals surface area contributed by atoms with Crippen LogP contribution in [0.3, 0.4) is 0 Å². The average molecular weight is 484 g/mol. The van der Waals surface area contributed by atoms with E-state index in [0.29, 0.717) is 13.0 Å². The standard InChI is InChI=1S/C27H37NO5Si/c1-26(2,3)32-25(31)28-18-20(24(29)30)17-21(19-28)33-34(27(4,5)6,22-13-9-7-10-14-22)23-15-11-8-12-16-23/h7-16,20-21H,17-19H2,1-6H3,(H,29,30)/t20-,21+/m1/s1. The van der Waals surface area contributed by atoms with E-state index in [-0.39, 0.29) is 11.6 Å². The highest BCUT2D eigenvalue weighted by molar-refractivity contribution is 6.99. The number of amides is 1. The van der Waals surface area contributed by atoms with Crippen LogP contribution >= 0.6 is 0 Å². The molecule has 1 saturated heterocycles. The molecule has 3 rings (SSSR count). The molecule has 34 heavy (non-hydrogen) atoms. The molecule has 1 amide bonds. The first kappa shape index (κ1) is 26.0. The van der Waals surface area contributed by atoms with Crippen LogP contribution in [0.25, 0.3) is 0 Å². The molecular formula is C27H37NO5Si. The molecular weight excluding hydrogens is 446 g/mol. The first-order valence-electron chi connectivity index (χ1n) is 11.8. The van der Waals surface area contributed by atoms with Crippen molar-refractivity contribution in [3.63, 3.8) is 0 Å². The number of ether oxygens (including phenoxy) is 1. The second-order valence-corrected chi connectivity index (χ2v) is 15.3. The predicted molar refractivity (Wildman–Crippen MR) is 136 cm³/mol. The van der Waals surface area contributed by atoms with Crippen LogP contribution in [0.1, 0.15) is 48.0 Å². The van der Waals surface area contributed by atoms with Crippen molar-refractivity contribution in [1.82, 2.24) is 4.90 Å². The van der Waals surface area contributed by atoms with E-state index < -0.39 is 38.0 Å². The van der Waals surface area contributed by atoms with Crippen molar-refractivity contribution in [2.45, 2.75) is 64.7 Å². The first-order valence-corrected chi connectivity index (χ1v) is 13.7. The molecule has 2 aromatic carbocycles. The summed E-state index contributed by atoms with van der Waals surface area (Å²) in [5, 5.41) is 11.9. The maximum absolute atomic E-state index is 12.9. The Hall–Kier alpha value is -2.64. The Morgan fingerprint density at radius 1 is 0.882 bits per heavy atom. The Morgan fingerprint density at radius 2 is 1.38 bits per heavy atom. The smallest absolute Gasteiger partial charge is 0.410 e. The SMILES string of the molecule is CC(C)(C)OC(=O)N1C[C@@H](O[Si](c2ccccc2)(c2ccccc2)C(C)(C)C)C[C@@H](C(=O)O)C1. The van der Waals surface area contributed by atoms with Gasteiger partial charge in [0.25, 0.3) is 8.32 Å². The third-order valence-electron chi connectivity index (χ3n) is 6.17. The van der Waals surface area contributed by atoms with Crippen molar-refractivity contribution in [3.05, 3.63) is 60.7 Å². The van der Waals surface area contributed by atoms with Gasteiger partial charge in [0.05, 0.1) is 12.0 Å². The first-order chi connectivity index (χ1) is 15.8. The molecule has 1 aliphatic heterocycles. The van der Waals surface area contributed by atoms with E-state index in [0.717, 1.165) is 10.4 Å². The van der Waals surface area contributed by atoms with Crippen LogP contribution in [0.5, 0.6) is 0 Å². The van der Waals surface area contributed by atoms with Gasteiger partial charge in [0.15, 0.2) is 0 Å². The van der Waals surface area contributed by atoms with E-state index in [9.17, 15) is 14.7 Å². The summed E-state index contributed by atoms with van der Waals surface area (Å²) >= 11 is 0. The van der Waals surface area contributed by atoms with Crippen LogP contribution in [0.2, 0.25) is 5.04 Å². The molecule has 6 nitrogen and oxygen atoms in total.